The summed E-state index contributed by atoms with van der Waals surface area (Å²) in [6.07, 6.45) is 0. The Bertz CT molecular complexity index is 356. The van der Waals surface area contributed by atoms with E-state index in [-0.39, 0.29) is 18.4 Å². The topological polar surface area (TPSA) is 40.5 Å². The van der Waals surface area contributed by atoms with E-state index in [1.165, 1.54) is 0 Å². The first-order valence-electron chi connectivity index (χ1n) is 6.10. The van der Waals surface area contributed by atoms with Crippen molar-refractivity contribution in [3.05, 3.63) is 35.9 Å². The molecule has 0 spiro atoms. The molecule has 0 aliphatic heterocycles. The van der Waals surface area contributed by atoms with Gasteiger partial charge in [-0.25, -0.2) is 0 Å². The highest BCUT2D eigenvalue weighted by atomic mass is 32.2. The van der Waals surface area contributed by atoms with Crippen molar-refractivity contribution in [3.63, 3.8) is 0 Å². The Balaban J connectivity index is 2.29. The average Bonchev–Trinajstić information content (AvgIpc) is 2.39. The van der Waals surface area contributed by atoms with Crippen molar-refractivity contribution in [1.82, 2.24) is 4.90 Å². The first-order chi connectivity index (χ1) is 8.63. The quantitative estimate of drug-likeness (QED) is 0.821. The third kappa shape index (κ3) is 5.56. The van der Waals surface area contributed by atoms with E-state index in [0.29, 0.717) is 12.3 Å². The summed E-state index contributed by atoms with van der Waals surface area (Å²) in [4.78, 5) is 13.6. The van der Waals surface area contributed by atoms with E-state index < -0.39 is 0 Å². The molecular weight excluding hydrogens is 246 g/mol. The molecule has 1 N–H and O–H groups in total. The van der Waals surface area contributed by atoms with Gasteiger partial charge in [-0.15, -0.1) is 0 Å². The molecule has 0 saturated heterocycles. The molecule has 0 aromatic heterocycles. The summed E-state index contributed by atoms with van der Waals surface area (Å²) in [5.74, 6) is 1.69. The highest BCUT2D eigenvalue weighted by Crippen LogP contribution is 2.10. The fraction of sp³-hybridized carbons (Fsp3) is 0.500. The van der Waals surface area contributed by atoms with E-state index >= 15 is 0 Å². The lowest BCUT2D eigenvalue weighted by Crippen LogP contribution is -2.28. The van der Waals surface area contributed by atoms with Crippen LogP contribution in [0.3, 0.4) is 0 Å². The number of aliphatic hydroxyl groups excluding tert-OH is 1. The number of hydrogen-bond acceptors (Lipinski definition) is 3. The van der Waals surface area contributed by atoms with Crippen molar-refractivity contribution in [1.29, 1.82) is 0 Å². The van der Waals surface area contributed by atoms with E-state index in [1.54, 1.807) is 16.7 Å². The van der Waals surface area contributed by atoms with Crippen LogP contribution in [0.2, 0.25) is 0 Å². The fourth-order valence-corrected chi connectivity index (χ4v) is 2.48. The molecule has 1 atom stereocenters. The minimum atomic E-state index is 0.133. The van der Waals surface area contributed by atoms with Gasteiger partial charge in [-0.05, 0) is 17.2 Å². The zero-order valence-corrected chi connectivity index (χ0v) is 11.8. The van der Waals surface area contributed by atoms with Crippen molar-refractivity contribution in [2.45, 2.75) is 13.5 Å². The summed E-state index contributed by atoms with van der Waals surface area (Å²) in [6.45, 7) is 2.81. The molecular formula is C14H21NO2S. The number of carbonyl (C=O) groups excluding carboxylic acids is 1. The van der Waals surface area contributed by atoms with Gasteiger partial charge in [-0.3, -0.25) is 4.79 Å². The van der Waals surface area contributed by atoms with Gasteiger partial charge in [0.2, 0.25) is 5.91 Å². The van der Waals surface area contributed by atoms with Crippen LogP contribution in [0.25, 0.3) is 0 Å². The Morgan fingerprint density at radius 3 is 2.67 bits per heavy atom. The molecule has 1 unspecified atom stereocenters. The molecule has 0 heterocycles. The molecule has 1 aromatic rings. The maximum atomic E-state index is 11.9. The van der Waals surface area contributed by atoms with Gasteiger partial charge in [0.1, 0.15) is 0 Å². The third-order valence-electron chi connectivity index (χ3n) is 2.63. The predicted molar refractivity (Wildman–Crippen MR) is 76.5 cm³/mol. The molecule has 1 aromatic carbocycles. The standard InChI is InChI=1S/C14H21NO2S/c1-12(9-16)10-18-11-14(17)15(2)8-13-6-4-3-5-7-13/h3-7,12,16H,8-11H2,1-2H3. The summed E-state index contributed by atoms with van der Waals surface area (Å²) in [6, 6.07) is 9.96. The van der Waals surface area contributed by atoms with Crippen LogP contribution in [0.5, 0.6) is 0 Å². The monoisotopic (exact) mass is 267 g/mol. The molecule has 0 aliphatic carbocycles. The highest BCUT2D eigenvalue weighted by molar-refractivity contribution is 7.99. The van der Waals surface area contributed by atoms with Crippen molar-refractivity contribution in [3.8, 4) is 0 Å². The van der Waals surface area contributed by atoms with Crippen LogP contribution in [0.1, 0.15) is 12.5 Å². The average molecular weight is 267 g/mol. The number of thioether (sulfide) groups is 1. The number of amides is 1. The Morgan fingerprint density at radius 2 is 2.06 bits per heavy atom. The number of rotatable bonds is 7. The molecule has 1 amide bonds. The largest absolute Gasteiger partial charge is 0.396 e. The Hall–Kier alpha value is -1.00. The number of benzene rings is 1. The number of nitrogens with zero attached hydrogens (tertiary/aromatic N) is 1. The normalized spacial score (nSPS) is 12.2. The summed E-state index contributed by atoms with van der Waals surface area (Å²) in [5.41, 5.74) is 1.14. The van der Waals surface area contributed by atoms with Crippen LogP contribution >= 0.6 is 11.8 Å². The summed E-state index contributed by atoms with van der Waals surface area (Å²) < 4.78 is 0. The smallest absolute Gasteiger partial charge is 0.232 e. The summed E-state index contributed by atoms with van der Waals surface area (Å²) >= 11 is 1.58. The number of aliphatic hydroxyl groups is 1. The van der Waals surface area contributed by atoms with Gasteiger partial charge >= 0.3 is 0 Å². The van der Waals surface area contributed by atoms with Crippen molar-refractivity contribution >= 4 is 17.7 Å². The van der Waals surface area contributed by atoms with E-state index in [4.69, 9.17) is 5.11 Å². The molecule has 0 radical (unpaired) electrons. The summed E-state index contributed by atoms with van der Waals surface area (Å²) in [7, 11) is 1.82. The minimum Gasteiger partial charge on any atom is -0.396 e. The number of carbonyl (C=O) groups is 1. The van der Waals surface area contributed by atoms with Crippen molar-refractivity contribution in [2.24, 2.45) is 5.92 Å². The van der Waals surface area contributed by atoms with E-state index in [1.807, 2.05) is 44.3 Å². The maximum absolute atomic E-state index is 11.9. The van der Waals surface area contributed by atoms with Crippen molar-refractivity contribution < 1.29 is 9.90 Å². The second-order valence-electron chi connectivity index (χ2n) is 4.54. The lowest BCUT2D eigenvalue weighted by atomic mass is 10.2. The first-order valence-corrected chi connectivity index (χ1v) is 7.25. The van der Waals surface area contributed by atoms with Crippen molar-refractivity contribution in [2.75, 3.05) is 25.2 Å². The Kier molecular flexibility index (Phi) is 6.83. The molecule has 0 aliphatic rings. The molecule has 0 saturated carbocycles. The van der Waals surface area contributed by atoms with Gasteiger partial charge in [0, 0.05) is 20.2 Å². The SMILES string of the molecule is CC(CO)CSCC(=O)N(C)Cc1ccccc1. The van der Waals surface area contributed by atoms with Crippen LogP contribution in [0.15, 0.2) is 30.3 Å². The van der Waals surface area contributed by atoms with Gasteiger partial charge in [0.15, 0.2) is 0 Å². The molecule has 100 valence electrons. The van der Waals surface area contributed by atoms with Crippen LogP contribution in [0, 0.1) is 5.92 Å². The van der Waals surface area contributed by atoms with Crippen LogP contribution < -0.4 is 0 Å². The molecule has 0 fully saturated rings. The van der Waals surface area contributed by atoms with Crippen LogP contribution in [-0.2, 0) is 11.3 Å². The summed E-state index contributed by atoms with van der Waals surface area (Å²) in [5, 5.41) is 8.90. The lowest BCUT2D eigenvalue weighted by molar-refractivity contribution is -0.127. The van der Waals surface area contributed by atoms with Gasteiger partial charge in [0.05, 0.1) is 5.75 Å². The maximum Gasteiger partial charge on any atom is 0.232 e. The molecule has 3 nitrogen and oxygen atoms in total. The fourth-order valence-electron chi connectivity index (χ4n) is 1.46. The first kappa shape index (κ1) is 15.1. The molecule has 4 heteroatoms. The lowest BCUT2D eigenvalue weighted by Gasteiger charge is -2.17. The predicted octanol–water partition coefficient (Wildman–Crippen LogP) is 2.01. The highest BCUT2D eigenvalue weighted by Gasteiger charge is 2.10. The van der Waals surface area contributed by atoms with Gasteiger partial charge in [0.25, 0.3) is 0 Å². The Labute approximate surface area is 113 Å². The molecule has 0 bridgehead atoms. The Morgan fingerprint density at radius 1 is 1.39 bits per heavy atom. The zero-order valence-electron chi connectivity index (χ0n) is 11.0. The van der Waals surface area contributed by atoms with Gasteiger partial charge in [-0.2, -0.15) is 11.8 Å². The second-order valence-corrected chi connectivity index (χ2v) is 5.57. The zero-order chi connectivity index (χ0) is 13.4. The van der Waals surface area contributed by atoms with E-state index in [2.05, 4.69) is 0 Å². The van der Waals surface area contributed by atoms with Crippen LogP contribution in [-0.4, -0.2) is 41.1 Å². The third-order valence-corrected chi connectivity index (χ3v) is 3.88. The van der Waals surface area contributed by atoms with E-state index in [0.717, 1.165) is 11.3 Å². The van der Waals surface area contributed by atoms with Gasteiger partial charge in [-0.1, -0.05) is 37.3 Å². The molecule has 1 rings (SSSR count). The second kappa shape index (κ2) is 8.16. The number of hydrogen-bond donors (Lipinski definition) is 1. The minimum absolute atomic E-state index is 0.133. The van der Waals surface area contributed by atoms with E-state index in [9.17, 15) is 4.79 Å². The van der Waals surface area contributed by atoms with Gasteiger partial charge < -0.3 is 10.0 Å². The van der Waals surface area contributed by atoms with Crippen LogP contribution in [0.4, 0.5) is 0 Å². The molecule has 18 heavy (non-hydrogen) atoms.